The lowest BCUT2D eigenvalue weighted by molar-refractivity contribution is 0.0951. The molecule has 5 heteroatoms. The summed E-state index contributed by atoms with van der Waals surface area (Å²) in [5, 5.41) is 6.28. The Labute approximate surface area is 120 Å². The summed E-state index contributed by atoms with van der Waals surface area (Å²) in [5.41, 5.74) is 0.676. The molecule has 104 valence electrons. The minimum absolute atomic E-state index is 0.0174. The van der Waals surface area contributed by atoms with Gasteiger partial charge < -0.3 is 15.5 Å². The zero-order valence-corrected chi connectivity index (χ0v) is 12.0. The quantitative estimate of drug-likeness (QED) is 0.556. The molecule has 4 nitrogen and oxygen atoms in total. The second kappa shape index (κ2) is 7.53. The average Bonchev–Trinajstić information content (AvgIpc) is 2.44. The van der Waals surface area contributed by atoms with Gasteiger partial charge in [-0.25, -0.2) is 0 Å². The van der Waals surface area contributed by atoms with E-state index in [1.165, 1.54) is 0 Å². The van der Waals surface area contributed by atoms with Gasteiger partial charge in [0.15, 0.2) is 0 Å². The van der Waals surface area contributed by atoms with Gasteiger partial charge in [0, 0.05) is 43.2 Å². The van der Waals surface area contributed by atoms with Gasteiger partial charge in [0.25, 0.3) is 5.91 Å². The number of piperazine rings is 1. The Balaban J connectivity index is 1.66. The molecule has 1 saturated heterocycles. The van der Waals surface area contributed by atoms with Crippen molar-refractivity contribution in [3.05, 3.63) is 29.8 Å². The fourth-order valence-corrected chi connectivity index (χ4v) is 2.41. The van der Waals surface area contributed by atoms with Gasteiger partial charge in [-0.05, 0) is 31.2 Å². The first-order valence-electron chi connectivity index (χ1n) is 6.76. The first kappa shape index (κ1) is 14.4. The summed E-state index contributed by atoms with van der Waals surface area (Å²) in [4.78, 5) is 15.1. The summed E-state index contributed by atoms with van der Waals surface area (Å²) >= 11 is 4.23. The lowest BCUT2D eigenvalue weighted by Crippen LogP contribution is -2.44. The fraction of sp³-hybridized carbons (Fsp3) is 0.500. The van der Waals surface area contributed by atoms with E-state index in [9.17, 15) is 4.79 Å². The summed E-state index contributed by atoms with van der Waals surface area (Å²) in [6.45, 7) is 6.13. The van der Waals surface area contributed by atoms with Crippen LogP contribution in [0.25, 0.3) is 0 Å². The van der Waals surface area contributed by atoms with Crippen molar-refractivity contribution in [1.82, 2.24) is 15.5 Å². The van der Waals surface area contributed by atoms with E-state index in [-0.39, 0.29) is 5.91 Å². The van der Waals surface area contributed by atoms with Crippen LogP contribution in [0.3, 0.4) is 0 Å². The molecule has 1 aromatic carbocycles. The molecular weight excluding hydrogens is 258 g/mol. The van der Waals surface area contributed by atoms with Crippen molar-refractivity contribution in [2.75, 3.05) is 39.3 Å². The maximum atomic E-state index is 11.9. The molecule has 0 radical (unpaired) electrons. The van der Waals surface area contributed by atoms with Crippen LogP contribution in [0.15, 0.2) is 29.2 Å². The molecule has 19 heavy (non-hydrogen) atoms. The first-order chi connectivity index (χ1) is 9.25. The summed E-state index contributed by atoms with van der Waals surface area (Å²) in [5.74, 6) is -0.0174. The van der Waals surface area contributed by atoms with E-state index in [1.54, 1.807) is 6.07 Å². The summed E-state index contributed by atoms with van der Waals surface area (Å²) < 4.78 is 0. The Morgan fingerprint density at radius 2 is 2.16 bits per heavy atom. The van der Waals surface area contributed by atoms with E-state index in [1.807, 2.05) is 18.2 Å². The molecule has 0 aromatic heterocycles. The van der Waals surface area contributed by atoms with E-state index in [0.717, 1.165) is 50.6 Å². The molecule has 1 aliphatic rings. The Bertz CT molecular complexity index is 419. The minimum atomic E-state index is -0.0174. The Kier molecular flexibility index (Phi) is 5.69. The SMILES string of the molecule is O=C(NCCCN1CCNCC1)c1cccc(S)c1. The number of nitrogens with one attached hydrogen (secondary N) is 2. The van der Waals surface area contributed by atoms with Crippen molar-refractivity contribution < 1.29 is 4.79 Å². The molecule has 2 rings (SSSR count). The predicted molar refractivity (Wildman–Crippen MR) is 80.0 cm³/mol. The zero-order chi connectivity index (χ0) is 13.5. The smallest absolute Gasteiger partial charge is 0.251 e. The van der Waals surface area contributed by atoms with Crippen LogP contribution in [0.4, 0.5) is 0 Å². The van der Waals surface area contributed by atoms with Crippen molar-refractivity contribution in [2.24, 2.45) is 0 Å². The lowest BCUT2D eigenvalue weighted by atomic mass is 10.2. The highest BCUT2D eigenvalue weighted by molar-refractivity contribution is 7.80. The van der Waals surface area contributed by atoms with Crippen molar-refractivity contribution in [3.8, 4) is 0 Å². The Hall–Kier alpha value is -1.04. The number of carbonyl (C=O) groups excluding carboxylic acids is 1. The number of thiol groups is 1. The van der Waals surface area contributed by atoms with E-state index in [0.29, 0.717) is 5.56 Å². The molecule has 0 saturated carbocycles. The van der Waals surface area contributed by atoms with E-state index in [2.05, 4.69) is 28.2 Å². The lowest BCUT2D eigenvalue weighted by Gasteiger charge is -2.27. The van der Waals surface area contributed by atoms with Gasteiger partial charge in [0.1, 0.15) is 0 Å². The summed E-state index contributed by atoms with van der Waals surface area (Å²) in [7, 11) is 0. The van der Waals surface area contributed by atoms with Gasteiger partial charge in [0.2, 0.25) is 0 Å². The fourth-order valence-electron chi connectivity index (χ4n) is 2.19. The van der Waals surface area contributed by atoms with Crippen LogP contribution < -0.4 is 10.6 Å². The standard InChI is InChI=1S/C14H21N3OS/c18-14(12-3-1-4-13(19)11-12)16-5-2-8-17-9-6-15-7-10-17/h1,3-4,11,15,19H,2,5-10H2,(H,16,18). The second-order valence-electron chi connectivity index (χ2n) is 4.75. The molecular formula is C14H21N3OS. The van der Waals surface area contributed by atoms with Crippen LogP contribution in [-0.4, -0.2) is 50.1 Å². The minimum Gasteiger partial charge on any atom is -0.352 e. The third-order valence-electron chi connectivity index (χ3n) is 3.25. The molecule has 1 heterocycles. The van der Waals surface area contributed by atoms with Crippen molar-refractivity contribution in [2.45, 2.75) is 11.3 Å². The highest BCUT2D eigenvalue weighted by Crippen LogP contribution is 2.08. The van der Waals surface area contributed by atoms with Gasteiger partial charge >= 0.3 is 0 Å². The van der Waals surface area contributed by atoms with Crippen LogP contribution in [0.2, 0.25) is 0 Å². The largest absolute Gasteiger partial charge is 0.352 e. The second-order valence-corrected chi connectivity index (χ2v) is 5.27. The van der Waals surface area contributed by atoms with Gasteiger partial charge in [-0.15, -0.1) is 12.6 Å². The van der Waals surface area contributed by atoms with Gasteiger partial charge in [-0.2, -0.15) is 0 Å². The number of hydrogen-bond donors (Lipinski definition) is 3. The van der Waals surface area contributed by atoms with E-state index < -0.39 is 0 Å². The van der Waals surface area contributed by atoms with Crippen molar-refractivity contribution in [1.29, 1.82) is 0 Å². The maximum Gasteiger partial charge on any atom is 0.251 e. The third-order valence-corrected chi connectivity index (χ3v) is 3.53. The Morgan fingerprint density at radius 3 is 2.89 bits per heavy atom. The zero-order valence-electron chi connectivity index (χ0n) is 11.1. The van der Waals surface area contributed by atoms with Crippen LogP contribution >= 0.6 is 12.6 Å². The van der Waals surface area contributed by atoms with E-state index in [4.69, 9.17) is 0 Å². The van der Waals surface area contributed by atoms with Crippen molar-refractivity contribution >= 4 is 18.5 Å². The average molecular weight is 279 g/mol. The molecule has 1 fully saturated rings. The van der Waals surface area contributed by atoms with Crippen LogP contribution in [0, 0.1) is 0 Å². The third kappa shape index (κ3) is 4.86. The highest BCUT2D eigenvalue weighted by Gasteiger charge is 2.09. The monoisotopic (exact) mass is 279 g/mol. The summed E-state index contributed by atoms with van der Waals surface area (Å²) in [6, 6.07) is 7.31. The normalized spacial score (nSPS) is 16.3. The number of nitrogens with zero attached hydrogens (tertiary/aromatic N) is 1. The van der Waals surface area contributed by atoms with E-state index >= 15 is 0 Å². The Morgan fingerprint density at radius 1 is 1.37 bits per heavy atom. The predicted octanol–water partition coefficient (Wildman–Crippen LogP) is 1.00. The number of benzene rings is 1. The van der Waals surface area contributed by atoms with Crippen LogP contribution in [0.5, 0.6) is 0 Å². The number of amides is 1. The van der Waals surface area contributed by atoms with Gasteiger partial charge in [-0.3, -0.25) is 4.79 Å². The molecule has 0 atom stereocenters. The number of carbonyl (C=O) groups is 1. The molecule has 0 spiro atoms. The molecule has 0 bridgehead atoms. The molecule has 0 unspecified atom stereocenters. The topological polar surface area (TPSA) is 44.4 Å². The van der Waals surface area contributed by atoms with Gasteiger partial charge in [-0.1, -0.05) is 6.07 Å². The van der Waals surface area contributed by atoms with Crippen LogP contribution in [-0.2, 0) is 0 Å². The molecule has 1 aromatic rings. The molecule has 1 amide bonds. The molecule has 1 aliphatic heterocycles. The number of hydrogen-bond acceptors (Lipinski definition) is 4. The highest BCUT2D eigenvalue weighted by atomic mass is 32.1. The molecule has 2 N–H and O–H groups in total. The van der Waals surface area contributed by atoms with Gasteiger partial charge in [0.05, 0.1) is 0 Å². The first-order valence-corrected chi connectivity index (χ1v) is 7.21. The number of rotatable bonds is 5. The van der Waals surface area contributed by atoms with Crippen molar-refractivity contribution in [3.63, 3.8) is 0 Å². The maximum absolute atomic E-state index is 11.9. The summed E-state index contributed by atoms with van der Waals surface area (Å²) in [6.07, 6.45) is 0.992. The molecule has 0 aliphatic carbocycles. The van der Waals surface area contributed by atoms with Crippen LogP contribution in [0.1, 0.15) is 16.8 Å².